The lowest BCUT2D eigenvalue weighted by atomic mass is 10.1. The Kier molecular flexibility index (Phi) is 6.09. The van der Waals surface area contributed by atoms with Gasteiger partial charge >= 0.3 is 0 Å². The van der Waals surface area contributed by atoms with Gasteiger partial charge in [-0.15, -0.1) is 0 Å². The van der Waals surface area contributed by atoms with Crippen molar-refractivity contribution < 1.29 is 14.3 Å². The van der Waals surface area contributed by atoms with Crippen LogP contribution in [0.4, 0.5) is 17.3 Å². The lowest BCUT2D eigenvalue weighted by molar-refractivity contribution is -0.111. The second-order valence-corrected chi connectivity index (χ2v) is 8.41. The second kappa shape index (κ2) is 9.48. The predicted molar refractivity (Wildman–Crippen MR) is 129 cm³/mol. The van der Waals surface area contributed by atoms with E-state index in [1.54, 1.807) is 23.1 Å². The number of nitrogens with one attached hydrogen (secondary N) is 3. The topological polar surface area (TPSA) is 112 Å². The number of morpholine rings is 1. The molecule has 3 N–H and O–H groups in total. The molecule has 2 amide bonds. The quantitative estimate of drug-likeness (QED) is 0.466. The Morgan fingerprint density at radius 2 is 1.94 bits per heavy atom. The molecule has 2 fully saturated rings. The summed E-state index contributed by atoms with van der Waals surface area (Å²) in [5.41, 5.74) is 3.61. The first-order chi connectivity index (χ1) is 16.6. The first-order valence-corrected chi connectivity index (χ1v) is 11.3. The molecule has 1 aromatic carbocycles. The summed E-state index contributed by atoms with van der Waals surface area (Å²) in [6.45, 7) is 5.63. The van der Waals surface area contributed by atoms with Crippen LogP contribution in [0.15, 0.2) is 55.1 Å². The molecule has 1 saturated heterocycles. The summed E-state index contributed by atoms with van der Waals surface area (Å²) < 4.78 is 5.39. The van der Waals surface area contributed by atoms with E-state index in [1.807, 2.05) is 24.3 Å². The summed E-state index contributed by atoms with van der Waals surface area (Å²) in [6, 6.07) is 12.8. The Bertz CT molecular complexity index is 1230. The van der Waals surface area contributed by atoms with E-state index in [2.05, 4.69) is 27.4 Å². The van der Waals surface area contributed by atoms with E-state index in [4.69, 9.17) is 9.72 Å². The third-order valence-electron chi connectivity index (χ3n) is 5.85. The van der Waals surface area contributed by atoms with E-state index in [0.29, 0.717) is 60.8 Å². The number of pyridine rings is 1. The normalized spacial score (nSPS) is 15.6. The molecule has 2 aliphatic rings. The number of carbonyl (C=O) groups excluding carboxylic acids is 2. The number of hydrogen-bond acceptors (Lipinski definition) is 6. The molecular formula is C25H26N6O3. The van der Waals surface area contributed by atoms with Crippen molar-refractivity contribution in [2.75, 3.05) is 36.9 Å². The van der Waals surface area contributed by atoms with Crippen LogP contribution >= 0.6 is 0 Å². The monoisotopic (exact) mass is 458 g/mol. The first-order valence-electron chi connectivity index (χ1n) is 11.3. The zero-order valence-corrected chi connectivity index (χ0v) is 18.7. The van der Waals surface area contributed by atoms with Gasteiger partial charge in [0.2, 0.25) is 5.91 Å². The molecule has 5 rings (SSSR count). The molecule has 2 aromatic heterocycles. The van der Waals surface area contributed by atoms with Crippen molar-refractivity contribution in [1.29, 1.82) is 0 Å². The smallest absolute Gasteiger partial charge is 0.254 e. The summed E-state index contributed by atoms with van der Waals surface area (Å²) in [4.78, 5) is 31.5. The highest BCUT2D eigenvalue weighted by Gasteiger charge is 2.26. The first kappa shape index (κ1) is 21.8. The molecule has 0 bridgehead atoms. The van der Waals surface area contributed by atoms with E-state index in [1.165, 1.54) is 18.9 Å². The fourth-order valence-corrected chi connectivity index (χ4v) is 3.90. The Hall–Kier alpha value is -3.98. The molecule has 1 saturated carbocycles. The molecule has 0 unspecified atom stereocenters. The number of rotatable bonds is 7. The Labute approximate surface area is 197 Å². The van der Waals surface area contributed by atoms with Crippen molar-refractivity contribution >= 4 is 29.1 Å². The fourth-order valence-electron chi connectivity index (χ4n) is 3.90. The third-order valence-corrected chi connectivity index (χ3v) is 5.85. The van der Waals surface area contributed by atoms with Crippen LogP contribution in [0.25, 0.3) is 11.3 Å². The number of nitrogens with zero attached hydrogens (tertiary/aromatic N) is 3. The molecule has 3 aromatic rings. The second-order valence-electron chi connectivity index (χ2n) is 8.41. The lowest BCUT2D eigenvalue weighted by Gasteiger charge is -2.27. The van der Waals surface area contributed by atoms with Crippen LogP contribution < -0.4 is 10.6 Å². The maximum atomic E-state index is 13.3. The molecule has 0 atom stereocenters. The highest BCUT2D eigenvalue weighted by Crippen LogP contribution is 2.39. The van der Waals surface area contributed by atoms with Crippen LogP contribution in [0.1, 0.15) is 34.8 Å². The van der Waals surface area contributed by atoms with Crippen molar-refractivity contribution in [3.05, 3.63) is 66.4 Å². The molecule has 34 heavy (non-hydrogen) atoms. The van der Waals surface area contributed by atoms with Crippen molar-refractivity contribution in [1.82, 2.24) is 20.1 Å². The number of H-pyrrole nitrogens is 1. The average Bonchev–Trinajstić information content (AvgIpc) is 3.62. The zero-order valence-electron chi connectivity index (χ0n) is 18.7. The van der Waals surface area contributed by atoms with Crippen LogP contribution in [0, 0.1) is 0 Å². The van der Waals surface area contributed by atoms with Gasteiger partial charge in [0.25, 0.3) is 5.91 Å². The number of aromatic amines is 1. The minimum atomic E-state index is -0.297. The van der Waals surface area contributed by atoms with Crippen molar-refractivity contribution in [2.24, 2.45) is 0 Å². The Morgan fingerprint density at radius 3 is 2.71 bits per heavy atom. The van der Waals surface area contributed by atoms with Gasteiger partial charge in [-0.25, -0.2) is 4.98 Å². The van der Waals surface area contributed by atoms with Gasteiger partial charge in [0, 0.05) is 47.6 Å². The number of aromatic nitrogens is 3. The molecule has 1 aliphatic heterocycles. The summed E-state index contributed by atoms with van der Waals surface area (Å²) in [7, 11) is 0. The van der Waals surface area contributed by atoms with Gasteiger partial charge in [-0.3, -0.25) is 14.7 Å². The number of hydrogen-bond donors (Lipinski definition) is 3. The van der Waals surface area contributed by atoms with Gasteiger partial charge in [0.05, 0.1) is 18.9 Å². The van der Waals surface area contributed by atoms with Gasteiger partial charge in [-0.2, -0.15) is 5.10 Å². The summed E-state index contributed by atoms with van der Waals surface area (Å²) in [5.74, 6) is 1.35. The highest BCUT2D eigenvalue weighted by molar-refractivity contribution is 5.99. The molecule has 9 nitrogen and oxygen atoms in total. The van der Waals surface area contributed by atoms with E-state index in [9.17, 15) is 9.59 Å². The molecule has 9 heteroatoms. The molecule has 1 aliphatic carbocycles. The number of anilines is 3. The third kappa shape index (κ3) is 4.99. The van der Waals surface area contributed by atoms with E-state index >= 15 is 0 Å². The van der Waals surface area contributed by atoms with Crippen molar-refractivity contribution in [2.45, 2.75) is 18.8 Å². The standard InChI is InChI=1S/C25H26N6O3/c1-2-24(32)26-19-5-3-4-17(12-19)20-13-18(25(33)31-8-10-34-11-9-31)14-22(27-20)28-23-15-21(29-30-23)16-6-7-16/h2-5,12-16H,1,6-11H2,(H,26,32)(H2,27,28,29,30). The van der Waals surface area contributed by atoms with E-state index < -0.39 is 0 Å². The summed E-state index contributed by atoms with van der Waals surface area (Å²) in [6.07, 6.45) is 3.56. The summed E-state index contributed by atoms with van der Waals surface area (Å²) >= 11 is 0. The van der Waals surface area contributed by atoms with Gasteiger partial charge < -0.3 is 20.3 Å². The number of carbonyl (C=O) groups is 2. The maximum Gasteiger partial charge on any atom is 0.254 e. The van der Waals surface area contributed by atoms with Crippen molar-refractivity contribution in [3.8, 4) is 11.3 Å². The molecular weight excluding hydrogens is 432 g/mol. The molecule has 0 radical (unpaired) electrons. The number of ether oxygens (including phenoxy) is 1. The molecule has 174 valence electrons. The SMILES string of the molecule is C=CC(=O)Nc1cccc(-c2cc(C(=O)N3CCOCC3)cc(Nc3cc(C4CC4)[nH]n3)n2)c1. The largest absolute Gasteiger partial charge is 0.378 e. The maximum absolute atomic E-state index is 13.3. The van der Waals surface area contributed by atoms with Gasteiger partial charge in [0.15, 0.2) is 5.82 Å². The van der Waals surface area contributed by atoms with Crippen LogP contribution in [0.2, 0.25) is 0 Å². The van der Waals surface area contributed by atoms with Crippen LogP contribution in [-0.2, 0) is 9.53 Å². The lowest BCUT2D eigenvalue weighted by Crippen LogP contribution is -2.40. The van der Waals surface area contributed by atoms with E-state index in [-0.39, 0.29) is 11.8 Å². The fraction of sp³-hybridized carbons (Fsp3) is 0.280. The minimum absolute atomic E-state index is 0.0770. The van der Waals surface area contributed by atoms with Gasteiger partial charge in [-0.1, -0.05) is 18.7 Å². The highest BCUT2D eigenvalue weighted by atomic mass is 16.5. The average molecular weight is 459 g/mol. The number of amides is 2. The summed E-state index contributed by atoms with van der Waals surface area (Å²) in [5, 5.41) is 13.4. The van der Waals surface area contributed by atoms with Crippen LogP contribution in [-0.4, -0.2) is 58.2 Å². The minimum Gasteiger partial charge on any atom is -0.378 e. The van der Waals surface area contributed by atoms with Crippen molar-refractivity contribution in [3.63, 3.8) is 0 Å². The van der Waals surface area contributed by atoms with E-state index in [0.717, 1.165) is 11.3 Å². The van der Waals surface area contributed by atoms with Crippen LogP contribution in [0.5, 0.6) is 0 Å². The predicted octanol–water partition coefficient (Wildman–Crippen LogP) is 3.69. The number of benzene rings is 1. The molecule has 3 heterocycles. The zero-order chi connectivity index (χ0) is 23.5. The molecule has 0 spiro atoms. The van der Waals surface area contributed by atoms with Crippen LogP contribution in [0.3, 0.4) is 0 Å². The Morgan fingerprint density at radius 1 is 1.12 bits per heavy atom. The van der Waals surface area contributed by atoms with Gasteiger partial charge in [0.1, 0.15) is 5.82 Å². The van der Waals surface area contributed by atoms with Gasteiger partial charge in [-0.05, 0) is 43.2 Å². The Balaban J connectivity index is 1.48.